The van der Waals surface area contributed by atoms with Crippen LogP contribution in [-0.2, 0) is 14.3 Å². The third-order valence-electron chi connectivity index (χ3n) is 7.01. The van der Waals surface area contributed by atoms with E-state index in [1.165, 1.54) is 6.26 Å². The van der Waals surface area contributed by atoms with E-state index in [1.807, 2.05) is 26.8 Å². The SMILES string of the molecule is CC[C@H]1C(=O)C(C)(C)[C@@H](O)CC(=O)O[C@H](C(F)=Cc2coc(C)n2)C/C=C(/C)CCC[C@H](C)[C@@H]1O. The highest BCUT2D eigenvalue weighted by atomic mass is 19.1. The number of hydrogen-bond acceptors (Lipinski definition) is 7. The lowest BCUT2D eigenvalue weighted by Crippen LogP contribution is -2.46. The number of Topliss-reactive ketones (excluding diaryl/α,β-unsaturated/α-hetero) is 1. The molecule has 0 bridgehead atoms. The molecule has 0 unspecified atom stereocenters. The van der Waals surface area contributed by atoms with Gasteiger partial charge in [-0.25, -0.2) is 9.37 Å². The number of carbonyl (C=O) groups excluding carboxylic acids is 2. The minimum Gasteiger partial charge on any atom is -0.455 e. The number of aryl methyl sites for hydroxylation is 1. The largest absolute Gasteiger partial charge is 0.455 e. The molecule has 0 fully saturated rings. The van der Waals surface area contributed by atoms with Crippen molar-refractivity contribution < 1.29 is 33.3 Å². The Labute approximate surface area is 207 Å². The summed E-state index contributed by atoms with van der Waals surface area (Å²) in [7, 11) is 0. The highest BCUT2D eigenvalue weighted by Crippen LogP contribution is 2.34. The van der Waals surface area contributed by atoms with Gasteiger partial charge in [0, 0.05) is 25.3 Å². The monoisotopic (exact) mass is 493 g/mol. The van der Waals surface area contributed by atoms with Crippen LogP contribution in [0.2, 0.25) is 0 Å². The molecule has 0 amide bonds. The van der Waals surface area contributed by atoms with Crippen molar-refractivity contribution in [3.05, 3.63) is 35.3 Å². The molecule has 196 valence electrons. The molecule has 0 radical (unpaired) electrons. The van der Waals surface area contributed by atoms with Crippen LogP contribution in [0.3, 0.4) is 0 Å². The Bertz CT molecular complexity index is 934. The first-order chi connectivity index (χ1) is 16.4. The van der Waals surface area contributed by atoms with Crippen LogP contribution in [0, 0.1) is 24.2 Å². The number of ketones is 1. The summed E-state index contributed by atoms with van der Waals surface area (Å²) in [6, 6.07) is 0. The molecule has 8 heteroatoms. The zero-order chi connectivity index (χ0) is 26.3. The summed E-state index contributed by atoms with van der Waals surface area (Å²) in [6.45, 7) is 10.4. The number of oxazole rings is 1. The number of esters is 1. The van der Waals surface area contributed by atoms with Crippen LogP contribution in [0.5, 0.6) is 0 Å². The summed E-state index contributed by atoms with van der Waals surface area (Å²) in [5.74, 6) is -2.19. The Morgan fingerprint density at radius 1 is 1.29 bits per heavy atom. The number of aromatic nitrogens is 1. The van der Waals surface area contributed by atoms with E-state index in [-0.39, 0.29) is 23.8 Å². The Kier molecular flexibility index (Phi) is 10.4. The fourth-order valence-corrected chi connectivity index (χ4v) is 4.42. The maximum Gasteiger partial charge on any atom is 0.309 e. The summed E-state index contributed by atoms with van der Waals surface area (Å²) in [6.07, 6.45) is 3.23. The fraction of sp³-hybridized carbons (Fsp3) is 0.667. The topological polar surface area (TPSA) is 110 Å². The van der Waals surface area contributed by atoms with E-state index in [0.29, 0.717) is 12.3 Å². The Balaban J connectivity index is 2.35. The minimum absolute atomic E-state index is 0.110. The highest BCUT2D eigenvalue weighted by Gasteiger charge is 2.43. The first-order valence-electron chi connectivity index (χ1n) is 12.4. The van der Waals surface area contributed by atoms with Crippen LogP contribution in [0.15, 0.2) is 28.2 Å². The number of aliphatic hydroxyl groups excluding tert-OH is 2. The lowest BCUT2D eigenvalue weighted by Gasteiger charge is -2.35. The maximum absolute atomic E-state index is 15.1. The molecule has 7 nitrogen and oxygen atoms in total. The van der Waals surface area contributed by atoms with Gasteiger partial charge in [0.15, 0.2) is 12.0 Å². The third kappa shape index (κ3) is 7.84. The fourth-order valence-electron chi connectivity index (χ4n) is 4.42. The Morgan fingerprint density at radius 2 is 1.97 bits per heavy atom. The van der Waals surface area contributed by atoms with E-state index in [4.69, 9.17) is 9.15 Å². The summed E-state index contributed by atoms with van der Waals surface area (Å²) < 4.78 is 25.6. The van der Waals surface area contributed by atoms with Crippen molar-refractivity contribution in [2.75, 3.05) is 0 Å². The summed E-state index contributed by atoms with van der Waals surface area (Å²) in [5.41, 5.74) is -0.0150. The van der Waals surface area contributed by atoms with Gasteiger partial charge in [0.25, 0.3) is 0 Å². The van der Waals surface area contributed by atoms with Crippen LogP contribution in [0.25, 0.3) is 6.08 Å². The first kappa shape index (κ1) is 28.9. The van der Waals surface area contributed by atoms with E-state index < -0.39 is 47.9 Å². The summed E-state index contributed by atoms with van der Waals surface area (Å²) in [4.78, 5) is 30.1. The third-order valence-corrected chi connectivity index (χ3v) is 7.01. The van der Waals surface area contributed by atoms with E-state index in [0.717, 1.165) is 30.9 Å². The predicted octanol–water partition coefficient (Wildman–Crippen LogP) is 5.10. The number of halogens is 1. The minimum atomic E-state index is -1.35. The number of ether oxygens (including phenoxy) is 1. The number of allylic oxidation sites excluding steroid dienone is 1. The van der Waals surface area contributed by atoms with Gasteiger partial charge in [0.1, 0.15) is 23.6 Å². The van der Waals surface area contributed by atoms with Crippen molar-refractivity contribution in [1.29, 1.82) is 0 Å². The van der Waals surface area contributed by atoms with Gasteiger partial charge < -0.3 is 19.4 Å². The first-order valence-corrected chi connectivity index (χ1v) is 12.4. The average molecular weight is 494 g/mol. The van der Waals surface area contributed by atoms with Gasteiger partial charge in [-0.15, -0.1) is 0 Å². The molecule has 2 rings (SSSR count). The molecule has 0 aromatic carbocycles. The lowest BCUT2D eigenvalue weighted by atomic mass is 9.71. The molecule has 0 aliphatic carbocycles. The smallest absolute Gasteiger partial charge is 0.309 e. The second-order valence-electron chi connectivity index (χ2n) is 10.3. The van der Waals surface area contributed by atoms with Gasteiger partial charge in [-0.1, -0.05) is 39.3 Å². The van der Waals surface area contributed by atoms with Gasteiger partial charge in [0.2, 0.25) is 0 Å². The number of rotatable bonds is 3. The Morgan fingerprint density at radius 3 is 2.57 bits per heavy atom. The van der Waals surface area contributed by atoms with Gasteiger partial charge >= 0.3 is 5.97 Å². The van der Waals surface area contributed by atoms with Gasteiger partial charge in [0.05, 0.1) is 24.0 Å². The second kappa shape index (κ2) is 12.6. The lowest BCUT2D eigenvalue weighted by molar-refractivity contribution is -0.155. The summed E-state index contributed by atoms with van der Waals surface area (Å²) in [5, 5.41) is 21.7. The normalized spacial score (nSPS) is 31.5. The number of aliphatic hydroxyl groups is 2. The zero-order valence-corrected chi connectivity index (χ0v) is 21.7. The van der Waals surface area contributed by atoms with Gasteiger partial charge in [-0.05, 0) is 38.5 Å². The Hall–Kier alpha value is -2.32. The number of cyclic esters (lactones) is 1. The van der Waals surface area contributed by atoms with Crippen LogP contribution in [-0.4, -0.2) is 45.3 Å². The van der Waals surface area contributed by atoms with E-state index in [2.05, 4.69) is 4.98 Å². The van der Waals surface area contributed by atoms with Crippen molar-refractivity contribution in [2.45, 2.75) is 98.4 Å². The van der Waals surface area contributed by atoms with Crippen molar-refractivity contribution >= 4 is 17.8 Å². The zero-order valence-electron chi connectivity index (χ0n) is 21.7. The van der Waals surface area contributed by atoms with Crippen molar-refractivity contribution in [1.82, 2.24) is 4.98 Å². The average Bonchev–Trinajstić information content (AvgIpc) is 3.20. The molecule has 1 aromatic heterocycles. The van der Waals surface area contributed by atoms with Gasteiger partial charge in [-0.2, -0.15) is 0 Å². The molecule has 1 aromatic rings. The molecule has 5 atom stereocenters. The van der Waals surface area contributed by atoms with Crippen molar-refractivity contribution in [2.24, 2.45) is 17.3 Å². The van der Waals surface area contributed by atoms with Crippen molar-refractivity contribution in [3.8, 4) is 0 Å². The van der Waals surface area contributed by atoms with E-state index in [9.17, 15) is 19.8 Å². The molecule has 0 saturated carbocycles. The molecule has 0 saturated heterocycles. The highest BCUT2D eigenvalue weighted by molar-refractivity contribution is 5.88. The number of carbonyl (C=O) groups is 2. The summed E-state index contributed by atoms with van der Waals surface area (Å²) >= 11 is 0. The van der Waals surface area contributed by atoms with Gasteiger partial charge in [-0.3, -0.25) is 9.59 Å². The van der Waals surface area contributed by atoms with E-state index >= 15 is 4.39 Å². The van der Waals surface area contributed by atoms with Crippen molar-refractivity contribution in [3.63, 3.8) is 0 Å². The van der Waals surface area contributed by atoms with Crippen LogP contribution >= 0.6 is 0 Å². The van der Waals surface area contributed by atoms with Crippen LogP contribution in [0.4, 0.5) is 4.39 Å². The number of nitrogens with zero attached hydrogens (tertiary/aromatic N) is 1. The molecule has 2 N–H and O–H groups in total. The molecule has 35 heavy (non-hydrogen) atoms. The predicted molar refractivity (Wildman–Crippen MR) is 131 cm³/mol. The maximum atomic E-state index is 15.1. The quantitative estimate of drug-likeness (QED) is 0.445. The standard InChI is InChI=1S/C27H40FNO6/c1-7-20-25(32)17(3)10-8-9-16(2)11-12-22(21(28)13-19-15-34-18(4)29-19)35-24(31)14-23(30)27(5,6)26(20)33/h11,13,15,17,20,22-23,25,30,32H,7-10,12,14H2,1-6H3/b16-11-,21-13?/t17-,20+,22-,23-,25-/m0/s1. The second-order valence-corrected chi connectivity index (χ2v) is 10.3. The van der Waals surface area contributed by atoms with Crippen LogP contribution < -0.4 is 0 Å². The number of hydrogen-bond donors (Lipinski definition) is 2. The molecular weight excluding hydrogens is 453 g/mol. The van der Waals surface area contributed by atoms with E-state index in [1.54, 1.807) is 20.8 Å². The molecule has 1 aliphatic heterocycles. The molecule has 1 aliphatic rings. The van der Waals surface area contributed by atoms with Crippen LogP contribution in [0.1, 0.15) is 84.7 Å². The molecule has 2 heterocycles. The molecule has 0 spiro atoms. The molecular formula is C27H40FNO6.